The van der Waals surface area contributed by atoms with Crippen LogP contribution >= 0.6 is 46.9 Å². The summed E-state index contributed by atoms with van der Waals surface area (Å²) in [5.74, 6) is -3.96. The van der Waals surface area contributed by atoms with Crippen molar-refractivity contribution >= 4 is 46.9 Å². The fraction of sp³-hybridized carbons (Fsp3) is 1.00. The summed E-state index contributed by atoms with van der Waals surface area (Å²) in [5.41, 5.74) is 0. The summed E-state index contributed by atoms with van der Waals surface area (Å²) in [4.78, 5) is 62.9. The molecule has 38 heavy (non-hydrogen) atoms. The van der Waals surface area contributed by atoms with Crippen LogP contribution in [-0.2, 0) is 53.5 Å². The van der Waals surface area contributed by atoms with E-state index in [1.807, 2.05) is 0 Å². The largest absolute Gasteiger partial charge is 1.00 e. The van der Waals surface area contributed by atoms with Gasteiger partial charge >= 0.3 is 76.5 Å². The van der Waals surface area contributed by atoms with E-state index in [9.17, 15) is 72.7 Å². The molecule has 0 radical (unpaired) electrons. The molecule has 0 spiro atoms. The molecule has 13 N–H and O–H groups in total. The van der Waals surface area contributed by atoms with Crippen LogP contribution in [0.3, 0.4) is 0 Å². The molecule has 0 saturated heterocycles. The van der Waals surface area contributed by atoms with Crippen molar-refractivity contribution in [2.75, 3.05) is 0 Å². The van der Waals surface area contributed by atoms with Gasteiger partial charge in [0.2, 0.25) is 5.79 Å². The van der Waals surface area contributed by atoms with E-state index in [0.717, 1.165) is 0 Å². The zero-order chi connectivity index (χ0) is 29.6. The van der Waals surface area contributed by atoms with Crippen molar-refractivity contribution in [2.45, 2.75) is 36.3 Å². The molecule has 1 saturated carbocycles. The average Bonchev–Trinajstić information content (AvgIpc) is 2.56. The fourth-order valence-corrected chi connectivity index (χ4v) is 9.78. The van der Waals surface area contributed by atoms with E-state index < -0.39 is 83.2 Å². The van der Waals surface area contributed by atoms with E-state index in [2.05, 4.69) is 26.1 Å². The summed E-state index contributed by atoms with van der Waals surface area (Å²) in [6.45, 7) is 0. The Bertz CT molecular complexity index is 1120. The quantitative estimate of drug-likeness (QED) is 0.0511. The van der Waals surface area contributed by atoms with Crippen molar-refractivity contribution < 1.29 is 149 Å². The Morgan fingerprint density at radius 1 is 0.500 bits per heavy atom. The summed E-state index contributed by atoms with van der Waals surface area (Å²) in [5, 5.41) is 57.9. The van der Waals surface area contributed by atoms with Gasteiger partial charge in [-0.25, -0.2) is 31.9 Å². The first kappa shape index (κ1) is 39.6. The van der Waals surface area contributed by atoms with Crippen LogP contribution in [0, 0.1) is 0 Å². The standard InChI is InChI=1S/C6H18O25P6.Na.H/c7-1-2(8)4(10)6(12,5(11)3(1)9)26-33(16,17)28-35(20,21)30-37(24,25)31-36(22,23)29-34(18,19)27-32(13,14)15;;/h1-5,7-12H,(H,16,17)(H,18,19)(H,20,21)(H,22,23)(H,24,25)(H2,13,14,15);;/q;+1;-1/t1?,2-,3+,4-,5-,6?;;/m1../s1. The van der Waals surface area contributed by atoms with Gasteiger partial charge in [-0.1, -0.05) is 0 Å². The maximum atomic E-state index is 12.0. The average molecular weight is 700 g/mol. The third kappa shape index (κ3) is 11.7. The summed E-state index contributed by atoms with van der Waals surface area (Å²) in [7, 11) is -38.3. The first-order valence-electron chi connectivity index (χ1n) is 8.13. The van der Waals surface area contributed by atoms with Crippen LogP contribution in [0.1, 0.15) is 1.43 Å². The van der Waals surface area contributed by atoms with Crippen LogP contribution in [0.5, 0.6) is 0 Å². The maximum Gasteiger partial charge on any atom is 1.00 e. The Balaban J connectivity index is 0. The summed E-state index contributed by atoms with van der Waals surface area (Å²) in [6, 6.07) is 0. The number of phosphoric ester groups is 1. The fourth-order valence-electron chi connectivity index (χ4n) is 2.26. The van der Waals surface area contributed by atoms with Crippen molar-refractivity contribution in [2.24, 2.45) is 0 Å². The zero-order valence-corrected chi connectivity index (χ0v) is 25.1. The second-order valence-electron chi connectivity index (χ2n) is 6.45. The predicted molar refractivity (Wildman–Crippen MR) is 104 cm³/mol. The molecule has 0 aromatic heterocycles. The topological polar surface area (TPSA) is 421 Å². The molecule has 0 heterocycles. The normalized spacial score (nSPS) is 36.4. The number of rotatable bonds is 12. The Morgan fingerprint density at radius 3 is 1.05 bits per heavy atom. The minimum absolute atomic E-state index is 0. The molecule has 32 heteroatoms. The van der Waals surface area contributed by atoms with Gasteiger partial charge < -0.3 is 66.3 Å². The van der Waals surface area contributed by atoms with Crippen LogP contribution in [0.15, 0.2) is 0 Å². The van der Waals surface area contributed by atoms with Crippen LogP contribution in [-0.4, -0.2) is 101 Å². The Kier molecular flexibility index (Phi) is 13.6. The second-order valence-corrected chi connectivity index (χ2v) is 15.6. The molecule has 0 bridgehead atoms. The van der Waals surface area contributed by atoms with Crippen molar-refractivity contribution in [3.05, 3.63) is 0 Å². The van der Waals surface area contributed by atoms with E-state index >= 15 is 0 Å². The van der Waals surface area contributed by atoms with Gasteiger partial charge in [0, 0.05) is 0 Å². The predicted octanol–water partition coefficient (Wildman–Crippen LogP) is -6.70. The van der Waals surface area contributed by atoms with Gasteiger partial charge in [0.25, 0.3) is 0 Å². The number of phosphoric acid groups is 6. The Labute approximate surface area is 232 Å². The van der Waals surface area contributed by atoms with Gasteiger partial charge in [-0.05, 0) is 0 Å². The van der Waals surface area contributed by atoms with Crippen LogP contribution < -0.4 is 29.6 Å². The molecule has 25 nitrogen and oxygen atoms in total. The van der Waals surface area contributed by atoms with Gasteiger partial charge in [-0.2, -0.15) is 21.6 Å². The summed E-state index contributed by atoms with van der Waals surface area (Å²) in [6.07, 6.45) is -13.5. The van der Waals surface area contributed by atoms with Gasteiger partial charge in [0.15, 0.2) is 0 Å². The van der Waals surface area contributed by atoms with E-state index in [1.54, 1.807) is 0 Å². The smallest absolute Gasteiger partial charge is 1.00 e. The summed E-state index contributed by atoms with van der Waals surface area (Å²) >= 11 is 0. The molecule has 224 valence electrons. The first-order valence-corrected chi connectivity index (χ1v) is 17.1. The van der Waals surface area contributed by atoms with E-state index in [0.29, 0.717) is 0 Å². The molecule has 1 fully saturated rings. The van der Waals surface area contributed by atoms with Crippen LogP contribution in [0.2, 0.25) is 0 Å². The molecular formula is C6H19NaO25P6. The van der Waals surface area contributed by atoms with Gasteiger partial charge in [-0.3, -0.25) is 0 Å². The van der Waals surface area contributed by atoms with Crippen molar-refractivity contribution in [1.29, 1.82) is 0 Å². The number of hydrogen-bond acceptors (Lipinski definition) is 18. The molecule has 0 aromatic rings. The Hall–Kier alpha value is 1.62. The molecule has 1 rings (SSSR count). The molecule has 0 aliphatic heterocycles. The van der Waals surface area contributed by atoms with Gasteiger partial charge in [0.1, 0.15) is 30.5 Å². The molecule has 1 aliphatic rings. The minimum atomic E-state index is -6.59. The van der Waals surface area contributed by atoms with Crippen molar-refractivity contribution in [3.63, 3.8) is 0 Å². The third-order valence-electron chi connectivity index (χ3n) is 3.49. The summed E-state index contributed by atoms with van der Waals surface area (Å²) < 4.78 is 88.7. The molecule has 7 unspecified atom stereocenters. The number of hydrogen-bond donors (Lipinski definition) is 13. The van der Waals surface area contributed by atoms with Crippen LogP contribution in [0.4, 0.5) is 0 Å². The van der Waals surface area contributed by atoms with E-state index in [-0.39, 0.29) is 31.0 Å². The van der Waals surface area contributed by atoms with Crippen LogP contribution in [0.25, 0.3) is 0 Å². The monoisotopic (exact) mass is 700 g/mol. The van der Waals surface area contributed by atoms with Gasteiger partial charge in [-0.15, -0.1) is 0 Å². The molecule has 1 aliphatic carbocycles. The molecule has 0 amide bonds. The van der Waals surface area contributed by atoms with Crippen molar-refractivity contribution in [1.82, 2.24) is 0 Å². The number of aliphatic hydroxyl groups excluding tert-OH is 5. The molecular weight excluding hydrogens is 681 g/mol. The van der Waals surface area contributed by atoms with E-state index in [4.69, 9.17) is 19.6 Å². The second kappa shape index (κ2) is 13.1. The van der Waals surface area contributed by atoms with Gasteiger partial charge in [0.05, 0.1) is 0 Å². The maximum absolute atomic E-state index is 12.0. The first-order chi connectivity index (χ1) is 16.0. The van der Waals surface area contributed by atoms with E-state index in [1.165, 1.54) is 0 Å². The molecule has 11 atom stereocenters. The minimum Gasteiger partial charge on any atom is -1.00 e. The van der Waals surface area contributed by atoms with Crippen molar-refractivity contribution in [3.8, 4) is 0 Å². The zero-order valence-electron chi connectivity index (χ0n) is 18.8. The molecule has 0 aromatic carbocycles. The third-order valence-corrected chi connectivity index (χ3v) is 12.3. The number of aliphatic hydroxyl groups is 6. The SMILES string of the molecule is O=P(O)(O)OP(=O)(O)OP(=O)(O)OP(=O)(O)OP(=O)(O)OP(=O)(O)OC1(O)[C@H](O)[C@H](O)C(O)[C@H](O)[C@H]1O.[H-].[Na+]. The Morgan fingerprint density at radius 2 is 0.763 bits per heavy atom.